The second-order valence-electron chi connectivity index (χ2n) is 4.64. The van der Waals surface area contributed by atoms with Crippen molar-refractivity contribution in [3.8, 4) is 17.2 Å². The zero-order valence-electron chi connectivity index (χ0n) is 12.9. The summed E-state index contributed by atoms with van der Waals surface area (Å²) < 4.78 is 16.1. The van der Waals surface area contributed by atoms with Crippen LogP contribution in [0.2, 0.25) is 0 Å². The maximum atomic E-state index is 11.9. The first kappa shape index (κ1) is 15.9. The maximum absolute atomic E-state index is 11.9. The second kappa shape index (κ2) is 8.08. The molecule has 0 aliphatic carbocycles. The summed E-state index contributed by atoms with van der Waals surface area (Å²) in [6.07, 6.45) is 0.969. The van der Waals surface area contributed by atoms with E-state index in [9.17, 15) is 4.79 Å². The summed E-state index contributed by atoms with van der Waals surface area (Å²) >= 11 is 0. The van der Waals surface area contributed by atoms with Crippen molar-refractivity contribution in [1.29, 1.82) is 0 Å². The van der Waals surface area contributed by atoms with Gasteiger partial charge in [0.25, 0.3) is 0 Å². The topological polar surface area (TPSA) is 44.8 Å². The molecule has 0 aromatic heterocycles. The molecule has 0 saturated carbocycles. The summed E-state index contributed by atoms with van der Waals surface area (Å²) in [5.41, 5.74) is 1.22. The zero-order valence-corrected chi connectivity index (χ0v) is 12.9. The summed E-state index contributed by atoms with van der Waals surface area (Å²) in [7, 11) is 0. The lowest BCUT2D eigenvalue weighted by Gasteiger charge is -2.11. The number of para-hydroxylation sites is 2. The van der Waals surface area contributed by atoms with Gasteiger partial charge in [0.15, 0.2) is 18.1 Å². The lowest BCUT2D eigenvalue weighted by atomic mass is 10.2. The lowest BCUT2D eigenvalue weighted by molar-refractivity contribution is -0.136. The van der Waals surface area contributed by atoms with Gasteiger partial charge in [-0.05, 0) is 43.2 Å². The molecule has 0 radical (unpaired) electrons. The Balaban J connectivity index is 1.90. The van der Waals surface area contributed by atoms with Gasteiger partial charge in [0.2, 0.25) is 0 Å². The Bertz CT molecular complexity index is 605. The van der Waals surface area contributed by atoms with E-state index in [1.807, 2.05) is 37.3 Å². The molecule has 0 amide bonds. The molecule has 0 bridgehead atoms. The fourth-order valence-corrected chi connectivity index (χ4v) is 1.92. The Hall–Kier alpha value is -2.49. The van der Waals surface area contributed by atoms with Crippen molar-refractivity contribution in [2.45, 2.75) is 20.3 Å². The van der Waals surface area contributed by atoms with Gasteiger partial charge < -0.3 is 14.2 Å². The Morgan fingerprint density at radius 3 is 2.23 bits per heavy atom. The summed E-state index contributed by atoms with van der Waals surface area (Å²) in [5.74, 6) is 1.13. The molecular weight excluding hydrogens is 280 g/mol. The van der Waals surface area contributed by atoms with Crippen LogP contribution in [0.5, 0.6) is 17.2 Å². The van der Waals surface area contributed by atoms with E-state index < -0.39 is 5.97 Å². The third-order valence-electron chi connectivity index (χ3n) is 3.06. The van der Waals surface area contributed by atoms with Crippen molar-refractivity contribution >= 4 is 5.97 Å². The van der Waals surface area contributed by atoms with Gasteiger partial charge in [-0.2, -0.15) is 0 Å². The standard InChI is InChI=1S/C18H20O4/c1-3-14-9-11-15(12-10-14)21-13-18(19)22-17-8-6-5-7-16(17)20-4-2/h5-12H,3-4,13H2,1-2H3. The molecule has 0 spiro atoms. The Kier molecular flexibility index (Phi) is 5.83. The molecular formula is C18H20O4. The van der Waals surface area contributed by atoms with E-state index in [2.05, 4.69) is 6.92 Å². The number of rotatable bonds is 7. The fraction of sp³-hybridized carbons (Fsp3) is 0.278. The van der Waals surface area contributed by atoms with E-state index in [-0.39, 0.29) is 6.61 Å². The Morgan fingerprint density at radius 1 is 0.909 bits per heavy atom. The molecule has 0 fully saturated rings. The normalized spacial score (nSPS) is 10.1. The average Bonchev–Trinajstić information content (AvgIpc) is 2.55. The van der Waals surface area contributed by atoms with E-state index in [4.69, 9.17) is 14.2 Å². The monoisotopic (exact) mass is 300 g/mol. The third kappa shape index (κ3) is 4.52. The van der Waals surface area contributed by atoms with Crippen molar-refractivity contribution in [2.75, 3.05) is 13.2 Å². The zero-order chi connectivity index (χ0) is 15.8. The Labute approximate surface area is 130 Å². The van der Waals surface area contributed by atoms with Gasteiger partial charge in [0, 0.05) is 0 Å². The minimum Gasteiger partial charge on any atom is -0.490 e. The number of hydrogen-bond acceptors (Lipinski definition) is 4. The molecule has 0 saturated heterocycles. The van der Waals surface area contributed by atoms with Crippen molar-refractivity contribution < 1.29 is 19.0 Å². The van der Waals surface area contributed by atoms with E-state index in [0.29, 0.717) is 23.9 Å². The minimum atomic E-state index is -0.466. The summed E-state index contributed by atoms with van der Waals surface area (Å²) in [4.78, 5) is 11.9. The van der Waals surface area contributed by atoms with Gasteiger partial charge in [-0.15, -0.1) is 0 Å². The molecule has 0 aliphatic heterocycles. The predicted octanol–water partition coefficient (Wildman–Crippen LogP) is 3.63. The number of esters is 1. The highest BCUT2D eigenvalue weighted by Gasteiger charge is 2.10. The maximum Gasteiger partial charge on any atom is 0.349 e. The molecule has 4 nitrogen and oxygen atoms in total. The lowest BCUT2D eigenvalue weighted by Crippen LogP contribution is -2.18. The van der Waals surface area contributed by atoms with Gasteiger partial charge in [-0.1, -0.05) is 31.2 Å². The number of aryl methyl sites for hydroxylation is 1. The van der Waals surface area contributed by atoms with E-state index >= 15 is 0 Å². The van der Waals surface area contributed by atoms with Crippen LogP contribution in [0.15, 0.2) is 48.5 Å². The summed E-state index contributed by atoms with van der Waals surface area (Å²) in [6, 6.07) is 14.7. The molecule has 2 rings (SSSR count). The van der Waals surface area contributed by atoms with Crippen LogP contribution in [0.25, 0.3) is 0 Å². The van der Waals surface area contributed by atoms with Crippen LogP contribution in [0.4, 0.5) is 0 Å². The first-order chi connectivity index (χ1) is 10.7. The summed E-state index contributed by atoms with van der Waals surface area (Å²) in [5, 5.41) is 0. The first-order valence-corrected chi connectivity index (χ1v) is 7.37. The predicted molar refractivity (Wildman–Crippen MR) is 84.6 cm³/mol. The van der Waals surface area contributed by atoms with Crippen molar-refractivity contribution in [3.63, 3.8) is 0 Å². The molecule has 116 valence electrons. The number of ether oxygens (including phenoxy) is 3. The number of benzene rings is 2. The van der Waals surface area contributed by atoms with Crippen LogP contribution in [-0.2, 0) is 11.2 Å². The quantitative estimate of drug-likeness (QED) is 0.578. The number of hydrogen-bond donors (Lipinski definition) is 0. The average molecular weight is 300 g/mol. The van der Waals surface area contributed by atoms with Gasteiger partial charge in [-0.25, -0.2) is 4.79 Å². The molecule has 2 aromatic carbocycles. The number of carbonyl (C=O) groups excluding carboxylic acids is 1. The molecule has 22 heavy (non-hydrogen) atoms. The smallest absolute Gasteiger partial charge is 0.349 e. The molecule has 0 N–H and O–H groups in total. The number of carbonyl (C=O) groups is 1. The van der Waals surface area contributed by atoms with Crippen molar-refractivity contribution in [1.82, 2.24) is 0 Å². The van der Waals surface area contributed by atoms with E-state index in [1.54, 1.807) is 18.2 Å². The highest BCUT2D eigenvalue weighted by atomic mass is 16.6. The first-order valence-electron chi connectivity index (χ1n) is 7.37. The van der Waals surface area contributed by atoms with Crippen LogP contribution in [-0.4, -0.2) is 19.2 Å². The van der Waals surface area contributed by atoms with Crippen LogP contribution < -0.4 is 14.2 Å². The molecule has 0 aliphatic rings. The highest BCUT2D eigenvalue weighted by Crippen LogP contribution is 2.26. The van der Waals surface area contributed by atoms with Crippen LogP contribution in [0, 0.1) is 0 Å². The van der Waals surface area contributed by atoms with Crippen molar-refractivity contribution in [2.24, 2.45) is 0 Å². The second-order valence-corrected chi connectivity index (χ2v) is 4.64. The van der Waals surface area contributed by atoms with Crippen LogP contribution >= 0.6 is 0 Å². The SMILES string of the molecule is CCOc1ccccc1OC(=O)COc1ccc(CC)cc1. The molecule has 0 heterocycles. The highest BCUT2D eigenvalue weighted by molar-refractivity contribution is 5.74. The molecule has 0 unspecified atom stereocenters. The van der Waals surface area contributed by atoms with E-state index in [1.165, 1.54) is 5.56 Å². The van der Waals surface area contributed by atoms with Gasteiger partial charge >= 0.3 is 5.97 Å². The Morgan fingerprint density at radius 2 is 1.59 bits per heavy atom. The third-order valence-corrected chi connectivity index (χ3v) is 3.06. The van der Waals surface area contributed by atoms with Gasteiger partial charge in [0.1, 0.15) is 5.75 Å². The minimum absolute atomic E-state index is 0.147. The van der Waals surface area contributed by atoms with Crippen LogP contribution in [0.1, 0.15) is 19.4 Å². The van der Waals surface area contributed by atoms with E-state index in [0.717, 1.165) is 6.42 Å². The van der Waals surface area contributed by atoms with Crippen LogP contribution in [0.3, 0.4) is 0 Å². The van der Waals surface area contributed by atoms with Gasteiger partial charge in [-0.3, -0.25) is 0 Å². The summed E-state index contributed by atoms with van der Waals surface area (Å²) in [6.45, 7) is 4.32. The molecule has 2 aromatic rings. The van der Waals surface area contributed by atoms with Gasteiger partial charge in [0.05, 0.1) is 6.61 Å². The molecule has 4 heteroatoms. The molecule has 0 atom stereocenters. The van der Waals surface area contributed by atoms with Crippen molar-refractivity contribution in [3.05, 3.63) is 54.1 Å². The largest absolute Gasteiger partial charge is 0.490 e. The fourth-order valence-electron chi connectivity index (χ4n) is 1.92.